The summed E-state index contributed by atoms with van der Waals surface area (Å²) < 4.78 is 12.0. The lowest BCUT2D eigenvalue weighted by molar-refractivity contribution is -0.116. The third kappa shape index (κ3) is 5.20. The van der Waals surface area contributed by atoms with E-state index >= 15 is 0 Å². The zero-order valence-electron chi connectivity index (χ0n) is 18.4. The molecule has 1 fully saturated rings. The first-order chi connectivity index (χ1) is 15.7. The fourth-order valence-corrected chi connectivity index (χ4v) is 4.83. The Bertz CT molecular complexity index is 1030. The fraction of sp³-hybridized carbons (Fsp3) is 0.333. The molecule has 1 aromatic heterocycles. The van der Waals surface area contributed by atoms with E-state index in [0.717, 1.165) is 65.1 Å². The van der Waals surface area contributed by atoms with Crippen molar-refractivity contribution in [2.24, 2.45) is 0 Å². The Morgan fingerprint density at radius 3 is 2.50 bits per heavy atom. The number of hydrogen-bond donors (Lipinski definition) is 1. The zero-order valence-corrected chi connectivity index (χ0v) is 19.2. The van der Waals surface area contributed by atoms with Crippen molar-refractivity contribution in [3.63, 3.8) is 0 Å². The summed E-state index contributed by atoms with van der Waals surface area (Å²) >= 11 is 1.64. The van der Waals surface area contributed by atoms with Crippen LogP contribution < -0.4 is 19.7 Å². The minimum Gasteiger partial charge on any atom is -0.495 e. The number of amides is 1. The molecule has 2 aromatic carbocycles. The Morgan fingerprint density at radius 1 is 1.06 bits per heavy atom. The number of nitrogens with zero attached hydrogens (tertiary/aromatic N) is 3. The molecular weight excluding hydrogens is 424 g/mol. The maximum absolute atomic E-state index is 12.0. The number of hydrogen-bond acceptors (Lipinski definition) is 7. The van der Waals surface area contributed by atoms with Gasteiger partial charge in [0.05, 0.1) is 14.2 Å². The van der Waals surface area contributed by atoms with Gasteiger partial charge in [0.25, 0.3) is 0 Å². The van der Waals surface area contributed by atoms with E-state index in [4.69, 9.17) is 14.5 Å². The maximum atomic E-state index is 12.0. The number of thiazole rings is 1. The third-order valence-electron chi connectivity index (χ3n) is 5.50. The highest BCUT2D eigenvalue weighted by molar-refractivity contribution is 7.22. The van der Waals surface area contributed by atoms with Gasteiger partial charge in [-0.15, -0.1) is 0 Å². The quantitative estimate of drug-likeness (QED) is 0.529. The molecule has 2 heterocycles. The van der Waals surface area contributed by atoms with E-state index in [-0.39, 0.29) is 5.91 Å². The third-order valence-corrected chi connectivity index (χ3v) is 6.63. The van der Waals surface area contributed by atoms with Crippen molar-refractivity contribution in [2.45, 2.75) is 0 Å². The van der Waals surface area contributed by atoms with Crippen molar-refractivity contribution in [3.05, 3.63) is 54.1 Å². The Kier molecular flexibility index (Phi) is 7.24. The molecule has 7 nitrogen and oxygen atoms in total. The lowest BCUT2D eigenvalue weighted by Gasteiger charge is -2.34. The van der Waals surface area contributed by atoms with Crippen LogP contribution in [0.25, 0.3) is 16.3 Å². The number of aromatic nitrogens is 1. The summed E-state index contributed by atoms with van der Waals surface area (Å²) in [7, 11) is 3.34. The van der Waals surface area contributed by atoms with Gasteiger partial charge in [-0.2, -0.15) is 0 Å². The molecule has 168 valence electrons. The van der Waals surface area contributed by atoms with E-state index in [1.165, 1.54) is 0 Å². The van der Waals surface area contributed by atoms with Crippen LogP contribution in [0.1, 0.15) is 5.56 Å². The molecule has 0 atom stereocenters. The Balaban J connectivity index is 1.26. The van der Waals surface area contributed by atoms with Crippen LogP contribution in [-0.2, 0) is 4.79 Å². The number of anilines is 1. The predicted octanol–water partition coefficient (Wildman–Crippen LogP) is 3.27. The van der Waals surface area contributed by atoms with Gasteiger partial charge in [0, 0.05) is 45.3 Å². The number of rotatable bonds is 8. The van der Waals surface area contributed by atoms with Gasteiger partial charge in [-0.3, -0.25) is 9.69 Å². The number of nitrogens with one attached hydrogen (secondary N) is 1. The number of piperazine rings is 1. The molecule has 4 rings (SSSR count). The SMILES string of the molecule is COc1ccc(OC)c2sc(N3CCN(CCNC(=O)/C=C/c4ccccc4)CC3)nc12. The first kappa shape index (κ1) is 22.1. The highest BCUT2D eigenvalue weighted by Crippen LogP contribution is 2.40. The summed E-state index contributed by atoms with van der Waals surface area (Å²) in [6, 6.07) is 13.6. The molecule has 0 saturated carbocycles. The molecule has 32 heavy (non-hydrogen) atoms. The molecule has 0 radical (unpaired) electrons. The smallest absolute Gasteiger partial charge is 0.244 e. The summed E-state index contributed by atoms with van der Waals surface area (Å²) in [5, 5.41) is 3.95. The average molecular weight is 453 g/mol. The molecular formula is C24H28N4O3S. The second-order valence-corrected chi connectivity index (χ2v) is 8.49. The van der Waals surface area contributed by atoms with E-state index in [9.17, 15) is 4.79 Å². The number of carbonyl (C=O) groups is 1. The van der Waals surface area contributed by atoms with Crippen molar-refractivity contribution in [3.8, 4) is 11.5 Å². The molecule has 0 aliphatic carbocycles. The first-order valence-electron chi connectivity index (χ1n) is 10.7. The van der Waals surface area contributed by atoms with Gasteiger partial charge in [-0.25, -0.2) is 4.98 Å². The highest BCUT2D eigenvalue weighted by atomic mass is 32.1. The summed E-state index contributed by atoms with van der Waals surface area (Å²) in [5.74, 6) is 1.52. The van der Waals surface area contributed by atoms with E-state index < -0.39 is 0 Å². The van der Waals surface area contributed by atoms with Gasteiger partial charge in [-0.05, 0) is 23.8 Å². The largest absolute Gasteiger partial charge is 0.495 e. The van der Waals surface area contributed by atoms with Gasteiger partial charge in [-0.1, -0.05) is 41.7 Å². The summed E-state index contributed by atoms with van der Waals surface area (Å²) in [6.07, 6.45) is 3.42. The van der Waals surface area contributed by atoms with Crippen molar-refractivity contribution >= 4 is 38.7 Å². The van der Waals surface area contributed by atoms with E-state index in [1.807, 2.05) is 48.5 Å². The molecule has 1 amide bonds. The summed E-state index contributed by atoms with van der Waals surface area (Å²) in [4.78, 5) is 21.5. The molecule has 0 spiro atoms. The van der Waals surface area contributed by atoms with E-state index in [2.05, 4.69) is 15.1 Å². The molecule has 1 N–H and O–H groups in total. The number of carbonyl (C=O) groups excluding carboxylic acids is 1. The molecule has 8 heteroatoms. The highest BCUT2D eigenvalue weighted by Gasteiger charge is 2.22. The normalized spacial score (nSPS) is 14.8. The van der Waals surface area contributed by atoms with Crippen LogP contribution in [0.2, 0.25) is 0 Å². The molecule has 1 aliphatic heterocycles. The molecule has 1 aliphatic rings. The van der Waals surface area contributed by atoms with Crippen LogP contribution in [0, 0.1) is 0 Å². The van der Waals surface area contributed by atoms with Crippen LogP contribution in [0.15, 0.2) is 48.5 Å². The fourth-order valence-electron chi connectivity index (χ4n) is 3.70. The average Bonchev–Trinajstić information content (AvgIpc) is 3.29. The standard InChI is InChI=1S/C24H28N4O3S/c1-30-19-9-10-20(31-2)23-22(19)26-24(32-23)28-16-14-27(15-17-28)13-12-25-21(29)11-8-18-6-4-3-5-7-18/h3-11H,12-17H2,1-2H3,(H,25,29)/b11-8+. The number of fused-ring (bicyclic) bond motifs is 1. The van der Waals surface area contributed by atoms with Crippen molar-refractivity contribution in [1.82, 2.24) is 15.2 Å². The first-order valence-corrected chi connectivity index (χ1v) is 11.5. The van der Waals surface area contributed by atoms with Gasteiger partial charge in [0.2, 0.25) is 5.91 Å². The maximum Gasteiger partial charge on any atom is 0.244 e. The minimum atomic E-state index is -0.0649. The predicted molar refractivity (Wildman–Crippen MR) is 130 cm³/mol. The van der Waals surface area contributed by atoms with E-state index in [0.29, 0.717) is 6.54 Å². The number of benzene rings is 2. The van der Waals surface area contributed by atoms with Gasteiger partial charge < -0.3 is 19.7 Å². The second-order valence-electron chi connectivity index (χ2n) is 7.51. The number of methoxy groups -OCH3 is 2. The molecule has 0 unspecified atom stereocenters. The lowest BCUT2D eigenvalue weighted by atomic mass is 10.2. The zero-order chi connectivity index (χ0) is 22.3. The minimum absolute atomic E-state index is 0.0649. The summed E-state index contributed by atoms with van der Waals surface area (Å²) in [5.41, 5.74) is 1.87. The molecule has 1 saturated heterocycles. The lowest BCUT2D eigenvalue weighted by Crippen LogP contribution is -2.48. The van der Waals surface area contributed by atoms with Crippen molar-refractivity contribution < 1.29 is 14.3 Å². The molecule has 0 bridgehead atoms. The van der Waals surface area contributed by atoms with Gasteiger partial charge >= 0.3 is 0 Å². The Hall–Kier alpha value is -3.10. The Labute approximate surface area is 192 Å². The Morgan fingerprint density at radius 2 is 1.78 bits per heavy atom. The number of ether oxygens (including phenoxy) is 2. The molecule has 3 aromatic rings. The van der Waals surface area contributed by atoms with E-state index in [1.54, 1.807) is 31.6 Å². The van der Waals surface area contributed by atoms with Crippen molar-refractivity contribution in [1.29, 1.82) is 0 Å². The topological polar surface area (TPSA) is 66.9 Å². The van der Waals surface area contributed by atoms with Crippen LogP contribution in [0.4, 0.5) is 5.13 Å². The van der Waals surface area contributed by atoms with Gasteiger partial charge in [0.15, 0.2) is 5.13 Å². The van der Waals surface area contributed by atoms with Crippen molar-refractivity contribution in [2.75, 3.05) is 58.4 Å². The second kappa shape index (κ2) is 10.5. The van der Waals surface area contributed by atoms with Crippen LogP contribution in [0.3, 0.4) is 0 Å². The monoisotopic (exact) mass is 452 g/mol. The summed E-state index contributed by atoms with van der Waals surface area (Å²) in [6.45, 7) is 5.12. The van der Waals surface area contributed by atoms with Crippen LogP contribution >= 0.6 is 11.3 Å². The van der Waals surface area contributed by atoms with Crippen LogP contribution in [-0.4, -0.2) is 69.3 Å². The van der Waals surface area contributed by atoms with Crippen LogP contribution in [0.5, 0.6) is 11.5 Å². The van der Waals surface area contributed by atoms with Gasteiger partial charge in [0.1, 0.15) is 21.7 Å².